The Hall–Kier alpha value is -1.35. The van der Waals surface area contributed by atoms with Gasteiger partial charge in [-0.2, -0.15) is 0 Å². The predicted molar refractivity (Wildman–Crippen MR) is 71.1 cm³/mol. The van der Waals surface area contributed by atoms with Crippen LogP contribution >= 0.6 is 0 Å². The van der Waals surface area contributed by atoms with Crippen LogP contribution in [0.1, 0.15) is 26.5 Å². The van der Waals surface area contributed by atoms with Crippen molar-refractivity contribution in [3.63, 3.8) is 0 Å². The molecule has 1 aromatic rings. The Bertz CT molecular complexity index is 333. The van der Waals surface area contributed by atoms with Gasteiger partial charge in [-0.1, -0.05) is 26.5 Å². The van der Waals surface area contributed by atoms with E-state index in [9.17, 15) is 0 Å². The lowest BCUT2D eigenvalue weighted by Crippen LogP contribution is -2.19. The third-order valence-electron chi connectivity index (χ3n) is 2.31. The summed E-state index contributed by atoms with van der Waals surface area (Å²) in [6, 6.07) is 3.93. The summed E-state index contributed by atoms with van der Waals surface area (Å²) in [4.78, 5) is 4.34. The topological polar surface area (TPSA) is 34.1 Å². The largest absolute Gasteiger partial charge is 0.485 e. The van der Waals surface area contributed by atoms with Gasteiger partial charge in [-0.3, -0.25) is 4.98 Å². The molecule has 0 aliphatic carbocycles. The number of pyridine rings is 1. The molecule has 1 rings (SSSR count). The maximum absolute atomic E-state index is 5.56. The van der Waals surface area contributed by atoms with Gasteiger partial charge in [0.15, 0.2) is 0 Å². The number of hydrogen-bond donors (Lipinski definition) is 1. The maximum Gasteiger partial charge on any atom is 0.138 e. The van der Waals surface area contributed by atoms with Crippen LogP contribution in [0.25, 0.3) is 0 Å². The molecule has 0 aromatic carbocycles. The van der Waals surface area contributed by atoms with Crippen molar-refractivity contribution >= 4 is 0 Å². The van der Waals surface area contributed by atoms with Crippen LogP contribution in [0.2, 0.25) is 0 Å². The summed E-state index contributed by atoms with van der Waals surface area (Å²) in [6.45, 7) is 11.8. The molecule has 1 atom stereocenters. The number of ether oxygens (including phenoxy) is 1. The second-order valence-electron chi connectivity index (χ2n) is 4.57. The highest BCUT2D eigenvalue weighted by molar-refractivity contribution is 5.20. The third-order valence-corrected chi connectivity index (χ3v) is 2.31. The molecule has 1 heterocycles. The van der Waals surface area contributed by atoms with Crippen molar-refractivity contribution in [1.29, 1.82) is 0 Å². The van der Waals surface area contributed by atoms with Crippen LogP contribution in [-0.2, 0) is 6.54 Å². The zero-order valence-corrected chi connectivity index (χ0v) is 10.9. The molecule has 0 saturated carbocycles. The van der Waals surface area contributed by atoms with Gasteiger partial charge in [-0.15, -0.1) is 0 Å². The Labute approximate surface area is 104 Å². The first-order chi connectivity index (χ1) is 8.11. The highest BCUT2D eigenvalue weighted by Gasteiger charge is 2.00. The van der Waals surface area contributed by atoms with Crippen molar-refractivity contribution in [2.24, 2.45) is 5.92 Å². The lowest BCUT2D eigenvalue weighted by atomic mass is 10.2. The van der Waals surface area contributed by atoms with Crippen LogP contribution < -0.4 is 10.1 Å². The van der Waals surface area contributed by atoms with Crippen LogP contribution in [0.3, 0.4) is 0 Å². The second-order valence-corrected chi connectivity index (χ2v) is 4.57. The maximum atomic E-state index is 5.56. The minimum atomic E-state index is 0.0155. The SMILES string of the molecule is C=CC(C)Oc1ccc(CNCC(C)C)nc1. The Balaban J connectivity index is 2.42. The van der Waals surface area contributed by atoms with Gasteiger partial charge >= 0.3 is 0 Å². The first-order valence-corrected chi connectivity index (χ1v) is 6.06. The predicted octanol–water partition coefficient (Wildman–Crippen LogP) is 2.78. The zero-order chi connectivity index (χ0) is 12.7. The van der Waals surface area contributed by atoms with Crippen LogP contribution in [0.15, 0.2) is 31.0 Å². The standard InChI is InChI=1S/C14H22N2O/c1-5-12(4)17-14-7-6-13(16-10-14)9-15-8-11(2)3/h5-7,10-12,15H,1,8-9H2,2-4H3. The molecule has 0 aliphatic heterocycles. The van der Waals surface area contributed by atoms with E-state index in [1.165, 1.54) is 0 Å². The minimum absolute atomic E-state index is 0.0155. The first-order valence-electron chi connectivity index (χ1n) is 6.06. The fourth-order valence-electron chi connectivity index (χ4n) is 1.34. The number of nitrogens with zero attached hydrogens (tertiary/aromatic N) is 1. The molecule has 0 bridgehead atoms. The molecule has 1 unspecified atom stereocenters. The van der Waals surface area contributed by atoms with Gasteiger partial charge < -0.3 is 10.1 Å². The van der Waals surface area contributed by atoms with Crippen LogP contribution in [0.5, 0.6) is 5.75 Å². The summed E-state index contributed by atoms with van der Waals surface area (Å²) in [5.74, 6) is 1.44. The number of rotatable bonds is 7. The monoisotopic (exact) mass is 234 g/mol. The Kier molecular flexibility index (Phi) is 5.70. The molecule has 94 valence electrons. The third kappa shape index (κ3) is 5.50. The molecule has 1 N–H and O–H groups in total. The zero-order valence-electron chi connectivity index (χ0n) is 10.9. The molecule has 1 aromatic heterocycles. The fraction of sp³-hybridized carbons (Fsp3) is 0.500. The van der Waals surface area contributed by atoms with Gasteiger partial charge in [0, 0.05) is 6.54 Å². The van der Waals surface area contributed by atoms with E-state index in [0.29, 0.717) is 5.92 Å². The van der Waals surface area contributed by atoms with E-state index in [4.69, 9.17) is 4.74 Å². The van der Waals surface area contributed by atoms with Crippen molar-refractivity contribution in [3.8, 4) is 5.75 Å². The lowest BCUT2D eigenvalue weighted by Gasteiger charge is -2.11. The summed E-state index contributed by atoms with van der Waals surface area (Å²) in [5, 5.41) is 3.35. The molecule has 3 heteroatoms. The van der Waals surface area contributed by atoms with E-state index >= 15 is 0 Å². The average Bonchev–Trinajstić information content (AvgIpc) is 2.31. The Morgan fingerprint density at radius 2 is 2.18 bits per heavy atom. The quantitative estimate of drug-likeness (QED) is 0.737. The Morgan fingerprint density at radius 3 is 2.71 bits per heavy atom. The lowest BCUT2D eigenvalue weighted by molar-refractivity contribution is 0.269. The van der Waals surface area contributed by atoms with Crippen LogP contribution in [0.4, 0.5) is 0 Å². The van der Waals surface area contributed by atoms with Crippen molar-refractivity contribution in [1.82, 2.24) is 10.3 Å². The normalized spacial score (nSPS) is 12.5. The molecule has 0 fully saturated rings. The van der Waals surface area contributed by atoms with Crippen molar-refractivity contribution < 1.29 is 4.74 Å². The Morgan fingerprint density at radius 1 is 1.41 bits per heavy atom. The van der Waals surface area contributed by atoms with Crippen molar-refractivity contribution in [3.05, 3.63) is 36.7 Å². The smallest absolute Gasteiger partial charge is 0.138 e. The van der Waals surface area contributed by atoms with E-state index in [0.717, 1.165) is 24.5 Å². The van der Waals surface area contributed by atoms with E-state index < -0.39 is 0 Å². The highest BCUT2D eigenvalue weighted by atomic mass is 16.5. The number of nitrogens with one attached hydrogen (secondary N) is 1. The molecule has 0 aliphatic rings. The highest BCUT2D eigenvalue weighted by Crippen LogP contribution is 2.11. The van der Waals surface area contributed by atoms with Gasteiger partial charge in [0.05, 0.1) is 11.9 Å². The second kappa shape index (κ2) is 7.07. The van der Waals surface area contributed by atoms with E-state index in [1.807, 2.05) is 19.1 Å². The molecule has 3 nitrogen and oxygen atoms in total. The van der Waals surface area contributed by atoms with Gasteiger partial charge in [0.1, 0.15) is 11.9 Å². The van der Waals surface area contributed by atoms with E-state index in [-0.39, 0.29) is 6.10 Å². The first kappa shape index (κ1) is 13.7. The summed E-state index contributed by atoms with van der Waals surface area (Å²) < 4.78 is 5.56. The summed E-state index contributed by atoms with van der Waals surface area (Å²) >= 11 is 0. The molecular formula is C14H22N2O. The number of aromatic nitrogens is 1. The molecular weight excluding hydrogens is 212 g/mol. The van der Waals surface area contributed by atoms with Gasteiger partial charge in [0.2, 0.25) is 0 Å². The van der Waals surface area contributed by atoms with Crippen LogP contribution in [-0.4, -0.2) is 17.6 Å². The van der Waals surface area contributed by atoms with Gasteiger partial charge in [-0.05, 0) is 31.5 Å². The van der Waals surface area contributed by atoms with E-state index in [1.54, 1.807) is 12.3 Å². The summed E-state index contributed by atoms with van der Waals surface area (Å²) in [7, 11) is 0. The van der Waals surface area contributed by atoms with E-state index in [2.05, 4.69) is 30.7 Å². The van der Waals surface area contributed by atoms with Crippen molar-refractivity contribution in [2.45, 2.75) is 33.4 Å². The fourth-order valence-corrected chi connectivity index (χ4v) is 1.34. The molecule has 0 amide bonds. The van der Waals surface area contributed by atoms with Gasteiger partial charge in [-0.25, -0.2) is 0 Å². The molecule has 0 saturated heterocycles. The molecule has 0 spiro atoms. The molecule has 0 radical (unpaired) electrons. The van der Waals surface area contributed by atoms with Crippen LogP contribution in [0, 0.1) is 5.92 Å². The molecule has 17 heavy (non-hydrogen) atoms. The van der Waals surface area contributed by atoms with Crippen molar-refractivity contribution in [2.75, 3.05) is 6.54 Å². The summed E-state index contributed by atoms with van der Waals surface area (Å²) in [6.07, 6.45) is 3.53. The summed E-state index contributed by atoms with van der Waals surface area (Å²) in [5.41, 5.74) is 1.03. The number of hydrogen-bond acceptors (Lipinski definition) is 3. The minimum Gasteiger partial charge on any atom is -0.485 e. The average molecular weight is 234 g/mol. The van der Waals surface area contributed by atoms with Gasteiger partial charge in [0.25, 0.3) is 0 Å².